The summed E-state index contributed by atoms with van der Waals surface area (Å²) in [5.41, 5.74) is 9.49. The second kappa shape index (κ2) is 12.9. The molecule has 172 valence electrons. The summed E-state index contributed by atoms with van der Waals surface area (Å²) in [5.74, 6) is 0.619. The molecule has 0 amide bonds. The summed E-state index contributed by atoms with van der Waals surface area (Å²) < 4.78 is 0. The number of benzene rings is 2. The van der Waals surface area contributed by atoms with E-state index in [0.717, 1.165) is 17.6 Å². The second-order valence-corrected chi connectivity index (χ2v) is 8.45. The van der Waals surface area contributed by atoms with Crippen LogP contribution in [0.25, 0.3) is 0 Å². The minimum absolute atomic E-state index is 0.0682. The van der Waals surface area contributed by atoms with Crippen LogP contribution in [0.3, 0.4) is 0 Å². The highest BCUT2D eigenvalue weighted by molar-refractivity contribution is 5.46. The van der Waals surface area contributed by atoms with Crippen LogP contribution in [0.4, 0.5) is 0 Å². The maximum atomic E-state index is 9.89. The number of aliphatic hydroxyl groups excluding tert-OH is 1. The van der Waals surface area contributed by atoms with Crippen molar-refractivity contribution in [3.63, 3.8) is 0 Å². The van der Waals surface area contributed by atoms with E-state index in [-0.39, 0.29) is 11.7 Å². The van der Waals surface area contributed by atoms with Gasteiger partial charge in [0, 0.05) is 11.5 Å². The molecular weight excluding hydrogens is 388 g/mol. The average molecular weight is 431 g/mol. The van der Waals surface area contributed by atoms with Crippen molar-refractivity contribution >= 4 is 0 Å². The van der Waals surface area contributed by atoms with E-state index in [1.165, 1.54) is 33.4 Å². The molecule has 0 aromatic heterocycles. The van der Waals surface area contributed by atoms with E-state index >= 15 is 0 Å². The first kappa shape index (κ1) is 27.2. The molecule has 0 aliphatic carbocycles. The second-order valence-electron chi connectivity index (χ2n) is 8.45. The molecular formula is C31H42O. The molecule has 0 saturated heterocycles. The zero-order valence-electron chi connectivity index (χ0n) is 21.3. The molecule has 1 nitrogen and oxygen atoms in total. The van der Waals surface area contributed by atoms with E-state index in [9.17, 15) is 5.11 Å². The Bertz CT molecular complexity index is 957. The Morgan fingerprint density at radius 1 is 1.00 bits per heavy atom. The molecule has 2 aromatic rings. The Labute approximate surface area is 196 Å². The lowest BCUT2D eigenvalue weighted by molar-refractivity contribution is 0.427. The van der Waals surface area contributed by atoms with E-state index < -0.39 is 0 Å². The number of hydrogen-bond donors (Lipinski definition) is 1. The minimum atomic E-state index is 0.0682. The van der Waals surface area contributed by atoms with Gasteiger partial charge in [-0.3, -0.25) is 0 Å². The van der Waals surface area contributed by atoms with Gasteiger partial charge in [-0.1, -0.05) is 88.0 Å². The van der Waals surface area contributed by atoms with E-state index in [4.69, 9.17) is 0 Å². The molecule has 0 aliphatic heterocycles. The Morgan fingerprint density at radius 3 is 2.06 bits per heavy atom. The SMILES string of the molecule is C=CC(CC(=C)/C(=C\C)C(=C)O)c1cc(C)c(C)cc1CC(C)c1ccc(C)cc1.CC. The summed E-state index contributed by atoms with van der Waals surface area (Å²) in [4.78, 5) is 0. The van der Waals surface area contributed by atoms with Crippen molar-refractivity contribution in [2.24, 2.45) is 0 Å². The average Bonchev–Trinajstić information content (AvgIpc) is 2.76. The Balaban J connectivity index is 0.00000249. The van der Waals surface area contributed by atoms with Crippen LogP contribution in [0.2, 0.25) is 0 Å². The largest absolute Gasteiger partial charge is 0.508 e. The molecule has 32 heavy (non-hydrogen) atoms. The zero-order valence-corrected chi connectivity index (χ0v) is 21.3. The summed E-state index contributed by atoms with van der Waals surface area (Å²) >= 11 is 0. The third-order valence-corrected chi connectivity index (χ3v) is 6.06. The van der Waals surface area contributed by atoms with Gasteiger partial charge in [-0.05, 0) is 79.8 Å². The summed E-state index contributed by atoms with van der Waals surface area (Å²) in [6, 6.07) is 13.5. The van der Waals surface area contributed by atoms with Crippen LogP contribution in [-0.4, -0.2) is 5.11 Å². The van der Waals surface area contributed by atoms with Gasteiger partial charge < -0.3 is 5.11 Å². The lowest BCUT2D eigenvalue weighted by Gasteiger charge is -2.23. The number of hydrogen-bond acceptors (Lipinski definition) is 1. The number of rotatable bonds is 9. The molecule has 2 unspecified atom stereocenters. The number of aryl methyl sites for hydroxylation is 3. The van der Waals surface area contributed by atoms with Crippen LogP contribution in [0, 0.1) is 20.8 Å². The summed E-state index contributed by atoms with van der Waals surface area (Å²) in [7, 11) is 0. The molecule has 1 heteroatoms. The quantitative estimate of drug-likeness (QED) is 0.239. The van der Waals surface area contributed by atoms with Gasteiger partial charge in [-0.25, -0.2) is 0 Å². The lowest BCUT2D eigenvalue weighted by Crippen LogP contribution is -2.08. The van der Waals surface area contributed by atoms with Crippen molar-refractivity contribution < 1.29 is 5.11 Å². The fourth-order valence-corrected chi connectivity index (χ4v) is 4.03. The van der Waals surface area contributed by atoms with Gasteiger partial charge in [0.1, 0.15) is 5.76 Å². The van der Waals surface area contributed by atoms with Crippen LogP contribution >= 0.6 is 0 Å². The van der Waals surface area contributed by atoms with Crippen LogP contribution in [-0.2, 0) is 6.42 Å². The fourth-order valence-electron chi connectivity index (χ4n) is 4.03. The van der Waals surface area contributed by atoms with Crippen LogP contribution in [0.15, 0.2) is 85.2 Å². The first-order chi connectivity index (χ1) is 15.2. The van der Waals surface area contributed by atoms with Crippen molar-refractivity contribution in [3.05, 3.63) is 119 Å². The van der Waals surface area contributed by atoms with Crippen LogP contribution < -0.4 is 0 Å². The Morgan fingerprint density at radius 2 is 1.56 bits per heavy atom. The monoisotopic (exact) mass is 430 g/mol. The Hall–Kier alpha value is -2.80. The van der Waals surface area contributed by atoms with Gasteiger partial charge in [0.05, 0.1) is 0 Å². The Kier molecular flexibility index (Phi) is 11.0. The highest BCUT2D eigenvalue weighted by Crippen LogP contribution is 2.34. The van der Waals surface area contributed by atoms with Crippen LogP contribution in [0.5, 0.6) is 0 Å². The van der Waals surface area contributed by atoms with E-state index in [1.54, 1.807) is 0 Å². The molecule has 0 heterocycles. The molecule has 0 aliphatic rings. The molecule has 0 saturated carbocycles. The van der Waals surface area contributed by atoms with Crippen molar-refractivity contribution in [1.82, 2.24) is 0 Å². The third kappa shape index (κ3) is 7.12. The third-order valence-electron chi connectivity index (χ3n) is 6.06. The van der Waals surface area contributed by atoms with Crippen molar-refractivity contribution in [3.8, 4) is 0 Å². The normalized spacial score (nSPS) is 12.9. The van der Waals surface area contributed by atoms with Gasteiger partial charge in [0.25, 0.3) is 0 Å². The van der Waals surface area contributed by atoms with Gasteiger partial charge in [0.2, 0.25) is 0 Å². The molecule has 2 rings (SSSR count). The maximum Gasteiger partial charge on any atom is 0.115 e. The van der Waals surface area contributed by atoms with E-state index in [1.807, 2.05) is 32.9 Å². The van der Waals surface area contributed by atoms with Crippen molar-refractivity contribution in [2.75, 3.05) is 0 Å². The zero-order chi connectivity index (χ0) is 24.4. The van der Waals surface area contributed by atoms with E-state index in [2.05, 4.69) is 83.8 Å². The molecule has 2 aromatic carbocycles. The molecule has 0 bridgehead atoms. The highest BCUT2D eigenvalue weighted by atomic mass is 16.3. The standard InChI is InChI=1S/C29H36O.C2H6/c1-9-25(17-23(7)28(10-2)24(8)30)29-18-21(5)20(4)15-27(29)16-22(6)26-13-11-19(3)12-14-26;1-2/h9-15,18,22,25,30H,1,7-8,16-17H2,2-6H3;1-2H3/b28-10+;. The van der Waals surface area contributed by atoms with Gasteiger partial charge in [-0.15, -0.1) is 6.58 Å². The van der Waals surface area contributed by atoms with E-state index in [0.29, 0.717) is 12.3 Å². The van der Waals surface area contributed by atoms with Gasteiger partial charge in [0.15, 0.2) is 0 Å². The summed E-state index contributed by atoms with van der Waals surface area (Å²) in [6.07, 6.45) is 5.55. The lowest BCUT2D eigenvalue weighted by atomic mass is 9.82. The number of aliphatic hydroxyl groups is 1. The molecule has 2 atom stereocenters. The first-order valence-electron chi connectivity index (χ1n) is 11.7. The van der Waals surface area contributed by atoms with Crippen molar-refractivity contribution in [1.29, 1.82) is 0 Å². The fraction of sp³-hybridized carbons (Fsp3) is 0.355. The molecule has 0 fully saturated rings. The maximum absolute atomic E-state index is 9.89. The molecule has 0 spiro atoms. The van der Waals surface area contributed by atoms with Crippen LogP contribution in [0.1, 0.15) is 79.3 Å². The molecule has 1 N–H and O–H groups in total. The van der Waals surface area contributed by atoms with Gasteiger partial charge in [-0.2, -0.15) is 0 Å². The summed E-state index contributed by atoms with van der Waals surface area (Å²) in [6.45, 7) is 26.6. The van der Waals surface area contributed by atoms with Gasteiger partial charge >= 0.3 is 0 Å². The number of allylic oxidation sites excluding steroid dienone is 3. The minimum Gasteiger partial charge on any atom is -0.508 e. The summed E-state index contributed by atoms with van der Waals surface area (Å²) in [5, 5.41) is 9.89. The first-order valence-corrected chi connectivity index (χ1v) is 11.7. The smallest absolute Gasteiger partial charge is 0.115 e. The molecule has 0 radical (unpaired) electrons. The topological polar surface area (TPSA) is 20.2 Å². The highest BCUT2D eigenvalue weighted by Gasteiger charge is 2.19. The predicted octanol–water partition coefficient (Wildman–Crippen LogP) is 9.22. The predicted molar refractivity (Wildman–Crippen MR) is 143 cm³/mol. The van der Waals surface area contributed by atoms with Crippen molar-refractivity contribution in [2.45, 2.75) is 73.1 Å².